The number of benzene rings is 2. The van der Waals surface area contributed by atoms with Gasteiger partial charge in [-0.15, -0.1) is 0 Å². The van der Waals surface area contributed by atoms with Crippen molar-refractivity contribution in [2.24, 2.45) is 0 Å². The lowest BCUT2D eigenvalue weighted by atomic mass is 9.96. The number of carbonyl (C=O) groups is 1. The second-order valence-corrected chi connectivity index (χ2v) is 7.01. The summed E-state index contributed by atoms with van der Waals surface area (Å²) in [5, 5.41) is 39.1. The van der Waals surface area contributed by atoms with Crippen LogP contribution in [0.5, 0.6) is 23.0 Å². The highest BCUT2D eigenvalue weighted by molar-refractivity contribution is 6.62. The van der Waals surface area contributed by atoms with Gasteiger partial charge >= 0.3 is 5.37 Å². The van der Waals surface area contributed by atoms with Crippen LogP contribution in [0.25, 0.3) is 0 Å². The van der Waals surface area contributed by atoms with Crippen LogP contribution in [0.15, 0.2) is 36.4 Å². The van der Waals surface area contributed by atoms with Crippen molar-refractivity contribution in [3.8, 4) is 23.0 Å². The molecule has 144 valence electrons. The average molecular weight is 393 g/mol. The SMILES string of the molecule is O=C(Cl)N1CCN(Cc2cc(O)ccc2O)CC(c2cc(O)ccc2O)C1. The van der Waals surface area contributed by atoms with E-state index in [0.717, 1.165) is 0 Å². The zero-order valence-corrected chi connectivity index (χ0v) is 15.3. The molecule has 1 amide bonds. The molecule has 1 unspecified atom stereocenters. The fourth-order valence-corrected chi connectivity index (χ4v) is 3.54. The van der Waals surface area contributed by atoms with Gasteiger partial charge in [0.15, 0.2) is 0 Å². The molecule has 1 aliphatic rings. The zero-order chi connectivity index (χ0) is 19.6. The Labute approximate surface area is 161 Å². The van der Waals surface area contributed by atoms with Crippen molar-refractivity contribution in [2.75, 3.05) is 26.2 Å². The van der Waals surface area contributed by atoms with Gasteiger partial charge in [0.1, 0.15) is 23.0 Å². The molecule has 3 rings (SSSR count). The maximum absolute atomic E-state index is 11.7. The van der Waals surface area contributed by atoms with Crippen LogP contribution < -0.4 is 0 Å². The molecule has 0 spiro atoms. The Kier molecular flexibility index (Phi) is 5.62. The molecule has 8 heteroatoms. The number of aromatic hydroxyl groups is 4. The van der Waals surface area contributed by atoms with Gasteiger partial charge in [0.2, 0.25) is 0 Å². The fourth-order valence-electron chi connectivity index (χ4n) is 3.39. The number of phenols is 4. The van der Waals surface area contributed by atoms with Gasteiger partial charge in [0, 0.05) is 49.8 Å². The van der Waals surface area contributed by atoms with Crippen LogP contribution in [-0.4, -0.2) is 61.8 Å². The van der Waals surface area contributed by atoms with E-state index >= 15 is 0 Å². The van der Waals surface area contributed by atoms with Gasteiger partial charge in [-0.25, -0.2) is 0 Å². The highest BCUT2D eigenvalue weighted by Crippen LogP contribution is 2.33. The summed E-state index contributed by atoms with van der Waals surface area (Å²) in [7, 11) is 0. The summed E-state index contributed by atoms with van der Waals surface area (Å²) in [4.78, 5) is 15.2. The quantitative estimate of drug-likeness (QED) is 0.364. The number of hydrogen-bond donors (Lipinski definition) is 4. The molecule has 4 N–H and O–H groups in total. The number of phenolic OH excluding ortho intramolecular Hbond substituents is 4. The van der Waals surface area contributed by atoms with Gasteiger partial charge < -0.3 is 25.3 Å². The van der Waals surface area contributed by atoms with Crippen LogP contribution in [-0.2, 0) is 6.54 Å². The number of rotatable bonds is 3. The fraction of sp³-hybridized carbons (Fsp3) is 0.316. The number of amides is 1. The summed E-state index contributed by atoms with van der Waals surface area (Å²) in [5.74, 6) is -0.118. The molecule has 2 aromatic carbocycles. The van der Waals surface area contributed by atoms with Crippen LogP contribution in [0.2, 0.25) is 0 Å². The maximum atomic E-state index is 11.7. The third kappa shape index (κ3) is 4.56. The Morgan fingerprint density at radius 3 is 2.33 bits per heavy atom. The lowest BCUT2D eigenvalue weighted by Crippen LogP contribution is -2.32. The molecule has 0 saturated carbocycles. The Morgan fingerprint density at radius 2 is 1.63 bits per heavy atom. The highest BCUT2D eigenvalue weighted by Gasteiger charge is 2.28. The van der Waals surface area contributed by atoms with E-state index in [4.69, 9.17) is 11.6 Å². The lowest BCUT2D eigenvalue weighted by molar-refractivity contribution is 0.219. The number of carbonyl (C=O) groups excluding carboxylic acids is 1. The van der Waals surface area contributed by atoms with Crippen LogP contribution in [0, 0.1) is 0 Å². The number of hydrogen-bond acceptors (Lipinski definition) is 6. The third-order valence-corrected chi connectivity index (χ3v) is 5.00. The van der Waals surface area contributed by atoms with Crippen molar-refractivity contribution in [2.45, 2.75) is 12.5 Å². The Bertz CT molecular complexity index is 845. The topological polar surface area (TPSA) is 104 Å². The first-order chi connectivity index (χ1) is 12.8. The van der Waals surface area contributed by atoms with E-state index in [1.165, 1.54) is 41.3 Å². The second-order valence-electron chi connectivity index (χ2n) is 6.69. The monoisotopic (exact) mass is 392 g/mol. The maximum Gasteiger partial charge on any atom is 0.316 e. The Morgan fingerprint density at radius 1 is 0.963 bits per heavy atom. The van der Waals surface area contributed by atoms with E-state index in [1.807, 2.05) is 4.90 Å². The molecular formula is C19H21ClN2O5. The minimum Gasteiger partial charge on any atom is -0.508 e. The molecule has 1 atom stereocenters. The van der Waals surface area contributed by atoms with E-state index < -0.39 is 5.37 Å². The largest absolute Gasteiger partial charge is 0.508 e. The van der Waals surface area contributed by atoms with E-state index in [2.05, 4.69) is 0 Å². The van der Waals surface area contributed by atoms with Gasteiger partial charge in [-0.3, -0.25) is 9.69 Å². The molecule has 1 aliphatic heterocycles. The van der Waals surface area contributed by atoms with Gasteiger partial charge in [-0.05, 0) is 48.0 Å². The van der Waals surface area contributed by atoms with Crippen molar-refractivity contribution in [1.82, 2.24) is 9.80 Å². The minimum atomic E-state index is -0.582. The van der Waals surface area contributed by atoms with Gasteiger partial charge in [0.05, 0.1) is 0 Å². The van der Waals surface area contributed by atoms with Crippen molar-refractivity contribution in [3.05, 3.63) is 47.5 Å². The number of halogens is 1. The molecule has 27 heavy (non-hydrogen) atoms. The Balaban J connectivity index is 1.89. The molecule has 0 radical (unpaired) electrons. The van der Waals surface area contributed by atoms with Crippen LogP contribution >= 0.6 is 11.6 Å². The Hall–Kier alpha value is -2.64. The molecule has 0 aliphatic carbocycles. The predicted octanol–water partition coefficient (Wildman–Crippen LogP) is 2.77. The molecule has 1 saturated heterocycles. The molecule has 2 aromatic rings. The van der Waals surface area contributed by atoms with Crippen molar-refractivity contribution >= 4 is 17.0 Å². The first-order valence-corrected chi connectivity index (χ1v) is 8.91. The third-order valence-electron chi connectivity index (χ3n) is 4.76. The first-order valence-electron chi connectivity index (χ1n) is 8.53. The zero-order valence-electron chi connectivity index (χ0n) is 14.5. The van der Waals surface area contributed by atoms with Gasteiger partial charge in [0.25, 0.3) is 0 Å². The molecule has 7 nitrogen and oxygen atoms in total. The minimum absolute atomic E-state index is 0.0213. The van der Waals surface area contributed by atoms with Crippen LogP contribution in [0.1, 0.15) is 17.0 Å². The van der Waals surface area contributed by atoms with Crippen LogP contribution in [0.3, 0.4) is 0 Å². The van der Waals surface area contributed by atoms with Crippen LogP contribution in [0.4, 0.5) is 4.79 Å². The number of nitrogens with zero attached hydrogens (tertiary/aromatic N) is 2. The summed E-state index contributed by atoms with van der Waals surface area (Å²) in [5.41, 5.74) is 1.07. The molecule has 1 fully saturated rings. The standard InChI is InChI=1S/C19H21ClN2O5/c20-19(27)22-6-5-21(9-12-7-14(23)1-3-17(12)25)10-13(11-22)16-8-15(24)2-4-18(16)26/h1-4,7-8,13,23-26H,5-6,9-11H2. The smallest absolute Gasteiger partial charge is 0.316 e. The van der Waals surface area contributed by atoms with E-state index in [9.17, 15) is 25.2 Å². The van der Waals surface area contributed by atoms with E-state index in [-0.39, 0.29) is 28.9 Å². The summed E-state index contributed by atoms with van der Waals surface area (Å²) in [6.07, 6.45) is 0. The lowest BCUT2D eigenvalue weighted by Gasteiger charge is -2.25. The molecular weight excluding hydrogens is 372 g/mol. The summed E-state index contributed by atoms with van der Waals surface area (Å²) < 4.78 is 0. The van der Waals surface area contributed by atoms with Crippen molar-refractivity contribution < 1.29 is 25.2 Å². The normalized spacial score (nSPS) is 18.3. The molecule has 0 bridgehead atoms. The summed E-state index contributed by atoms with van der Waals surface area (Å²) >= 11 is 5.69. The molecule has 0 aromatic heterocycles. The van der Waals surface area contributed by atoms with E-state index in [0.29, 0.717) is 43.9 Å². The van der Waals surface area contributed by atoms with E-state index in [1.54, 1.807) is 0 Å². The predicted molar refractivity (Wildman–Crippen MR) is 100 cm³/mol. The summed E-state index contributed by atoms with van der Waals surface area (Å²) in [6.45, 7) is 2.00. The average Bonchev–Trinajstić information content (AvgIpc) is 2.83. The first kappa shape index (κ1) is 19.1. The van der Waals surface area contributed by atoms with Gasteiger partial charge in [-0.1, -0.05) is 0 Å². The van der Waals surface area contributed by atoms with Gasteiger partial charge in [-0.2, -0.15) is 0 Å². The summed E-state index contributed by atoms with van der Waals surface area (Å²) in [6, 6.07) is 8.60. The highest BCUT2D eigenvalue weighted by atomic mass is 35.5. The van der Waals surface area contributed by atoms with Crippen molar-refractivity contribution in [3.63, 3.8) is 0 Å². The second kappa shape index (κ2) is 7.94. The van der Waals surface area contributed by atoms with Crippen molar-refractivity contribution in [1.29, 1.82) is 0 Å². The molecule has 1 heterocycles.